The van der Waals surface area contributed by atoms with Gasteiger partial charge < -0.3 is 14.6 Å². The van der Waals surface area contributed by atoms with Crippen molar-refractivity contribution in [3.63, 3.8) is 0 Å². The van der Waals surface area contributed by atoms with Gasteiger partial charge in [0, 0.05) is 18.7 Å². The van der Waals surface area contributed by atoms with Crippen molar-refractivity contribution in [1.82, 2.24) is 9.88 Å². The van der Waals surface area contributed by atoms with Crippen molar-refractivity contribution in [3.8, 4) is 5.88 Å². The van der Waals surface area contributed by atoms with Crippen LogP contribution in [0.4, 0.5) is 4.79 Å². The first-order valence-electron chi connectivity index (χ1n) is 7.47. The maximum absolute atomic E-state index is 12.2. The lowest BCUT2D eigenvalue weighted by Gasteiger charge is -2.26. The Labute approximate surface area is 135 Å². The quantitative estimate of drug-likeness (QED) is 0.918. The maximum Gasteiger partial charge on any atom is 0.411 e. The highest BCUT2D eigenvalue weighted by Gasteiger charge is 2.42. The van der Waals surface area contributed by atoms with Gasteiger partial charge in [-0.1, -0.05) is 6.07 Å². The number of carbonyl (C=O) groups excluding carboxylic acids is 1. The molecule has 1 aliphatic heterocycles. The molecule has 1 saturated heterocycles. The van der Waals surface area contributed by atoms with Crippen molar-refractivity contribution in [1.29, 1.82) is 0 Å². The number of pyridine rings is 1. The van der Waals surface area contributed by atoms with E-state index in [4.69, 9.17) is 9.47 Å². The van der Waals surface area contributed by atoms with Crippen LogP contribution in [0.2, 0.25) is 0 Å². The summed E-state index contributed by atoms with van der Waals surface area (Å²) in [6.07, 6.45) is 0.793. The molecular weight excluding hydrogens is 300 g/mol. The van der Waals surface area contributed by atoms with Crippen LogP contribution < -0.4 is 4.74 Å². The second kappa shape index (κ2) is 6.44. The fraction of sp³-hybridized carbons (Fsp3) is 0.562. The molecule has 1 N–H and O–H groups in total. The molecule has 1 amide bonds. The van der Waals surface area contributed by atoms with Crippen LogP contribution in [0, 0.1) is 6.92 Å². The Morgan fingerprint density at radius 2 is 2.04 bits per heavy atom. The van der Waals surface area contributed by atoms with Gasteiger partial charge in [-0.05, 0) is 33.3 Å². The Morgan fingerprint density at radius 1 is 1.35 bits per heavy atom. The lowest BCUT2D eigenvalue weighted by atomic mass is 10.2. The second-order valence-electron chi connectivity index (χ2n) is 6.64. The first kappa shape index (κ1) is 17.1. The number of aliphatic carboxylic acids is 1. The van der Waals surface area contributed by atoms with Crippen LogP contribution >= 0.6 is 0 Å². The van der Waals surface area contributed by atoms with E-state index in [2.05, 4.69) is 4.98 Å². The molecule has 0 spiro atoms. The molecule has 126 valence electrons. The van der Waals surface area contributed by atoms with Crippen LogP contribution in [0.5, 0.6) is 5.88 Å². The molecular formula is C16H22N2O5. The van der Waals surface area contributed by atoms with E-state index in [1.54, 1.807) is 33.0 Å². The molecule has 0 saturated carbocycles. The largest absolute Gasteiger partial charge is 0.480 e. The first-order valence-corrected chi connectivity index (χ1v) is 7.47. The highest BCUT2D eigenvalue weighted by atomic mass is 16.6. The number of carbonyl (C=O) groups is 2. The van der Waals surface area contributed by atoms with E-state index in [-0.39, 0.29) is 13.0 Å². The van der Waals surface area contributed by atoms with Gasteiger partial charge in [0.25, 0.3) is 0 Å². The Hall–Kier alpha value is -2.31. The number of amides is 1. The number of nitrogens with zero attached hydrogens (tertiary/aromatic N) is 2. The first-order chi connectivity index (χ1) is 10.7. The van der Waals surface area contributed by atoms with Crippen molar-refractivity contribution >= 4 is 12.1 Å². The van der Waals surface area contributed by atoms with Crippen molar-refractivity contribution in [2.24, 2.45) is 0 Å². The molecule has 0 bridgehead atoms. The summed E-state index contributed by atoms with van der Waals surface area (Å²) in [5.74, 6) is -0.658. The van der Waals surface area contributed by atoms with E-state index < -0.39 is 29.8 Å². The maximum atomic E-state index is 12.2. The number of carboxylic acids is 1. The smallest absolute Gasteiger partial charge is 0.411 e. The van der Waals surface area contributed by atoms with Crippen LogP contribution in [0.15, 0.2) is 18.3 Å². The number of hydrogen-bond donors (Lipinski definition) is 1. The SMILES string of the molecule is Cc1ccc(O[C@@H]2C[C@@H](C(=O)O)N(C(=O)OC(C)(C)C)C2)nc1. The minimum atomic E-state index is -1.07. The van der Waals surface area contributed by atoms with Crippen LogP contribution in [0.3, 0.4) is 0 Å². The van der Waals surface area contributed by atoms with Crippen LogP contribution in [-0.2, 0) is 9.53 Å². The van der Waals surface area contributed by atoms with E-state index in [0.29, 0.717) is 5.88 Å². The molecule has 0 aromatic carbocycles. The number of aryl methyl sites for hydroxylation is 1. The zero-order chi connectivity index (χ0) is 17.2. The number of ether oxygens (including phenoxy) is 2. The van der Waals surface area contributed by atoms with Gasteiger partial charge in [-0.3, -0.25) is 4.90 Å². The summed E-state index contributed by atoms with van der Waals surface area (Å²) in [5, 5.41) is 9.33. The van der Waals surface area contributed by atoms with E-state index >= 15 is 0 Å². The van der Waals surface area contributed by atoms with Crippen LogP contribution in [0.1, 0.15) is 32.8 Å². The third kappa shape index (κ3) is 4.58. The number of carboxylic acid groups (broad SMARTS) is 1. The van der Waals surface area contributed by atoms with Gasteiger partial charge in [-0.25, -0.2) is 14.6 Å². The average molecular weight is 322 g/mol. The third-order valence-electron chi connectivity index (χ3n) is 3.35. The summed E-state index contributed by atoms with van der Waals surface area (Å²) >= 11 is 0. The molecule has 1 aromatic heterocycles. The highest BCUT2D eigenvalue weighted by molar-refractivity contribution is 5.81. The summed E-state index contributed by atoms with van der Waals surface area (Å²) in [7, 11) is 0. The van der Waals surface area contributed by atoms with Gasteiger partial charge in [-0.2, -0.15) is 0 Å². The van der Waals surface area contributed by atoms with Gasteiger partial charge in [0.05, 0.1) is 6.54 Å². The second-order valence-corrected chi connectivity index (χ2v) is 6.64. The fourth-order valence-electron chi connectivity index (χ4n) is 2.33. The number of likely N-dealkylation sites (tertiary alicyclic amines) is 1. The predicted molar refractivity (Wildman–Crippen MR) is 82.4 cm³/mol. The van der Waals surface area contributed by atoms with E-state index in [0.717, 1.165) is 5.56 Å². The Morgan fingerprint density at radius 3 is 2.57 bits per heavy atom. The summed E-state index contributed by atoms with van der Waals surface area (Å²) in [5.41, 5.74) is 0.319. The predicted octanol–water partition coefficient (Wildman–Crippen LogP) is 2.23. The van der Waals surface area contributed by atoms with Crippen LogP contribution in [-0.4, -0.2) is 51.3 Å². The molecule has 7 nitrogen and oxygen atoms in total. The zero-order valence-corrected chi connectivity index (χ0v) is 13.8. The monoisotopic (exact) mass is 322 g/mol. The molecule has 0 aliphatic carbocycles. The van der Waals surface area contributed by atoms with Crippen molar-refractivity contribution in [3.05, 3.63) is 23.9 Å². The van der Waals surface area contributed by atoms with Gasteiger partial charge in [0.1, 0.15) is 17.7 Å². The Bertz CT molecular complexity index is 579. The molecule has 2 rings (SSSR count). The van der Waals surface area contributed by atoms with E-state index in [9.17, 15) is 14.7 Å². The normalized spacial score (nSPS) is 21.1. The van der Waals surface area contributed by atoms with Gasteiger partial charge >= 0.3 is 12.1 Å². The van der Waals surface area contributed by atoms with E-state index in [1.165, 1.54) is 4.90 Å². The summed E-state index contributed by atoms with van der Waals surface area (Å²) in [6.45, 7) is 7.28. The van der Waals surface area contributed by atoms with Crippen molar-refractivity contribution in [2.75, 3.05) is 6.54 Å². The molecule has 0 radical (unpaired) electrons. The molecule has 2 atom stereocenters. The van der Waals surface area contributed by atoms with Crippen molar-refractivity contribution < 1.29 is 24.2 Å². The Kier molecular flexibility index (Phi) is 4.77. The number of hydrogen-bond acceptors (Lipinski definition) is 5. The average Bonchev–Trinajstić information content (AvgIpc) is 2.84. The number of rotatable bonds is 3. The third-order valence-corrected chi connectivity index (χ3v) is 3.35. The molecule has 23 heavy (non-hydrogen) atoms. The lowest BCUT2D eigenvalue weighted by Crippen LogP contribution is -2.43. The van der Waals surface area contributed by atoms with Crippen molar-refractivity contribution in [2.45, 2.75) is 51.9 Å². The molecule has 1 fully saturated rings. The standard InChI is InChI=1S/C16H22N2O5/c1-10-5-6-13(17-8-10)22-11-7-12(14(19)20)18(9-11)15(21)23-16(2,3)4/h5-6,8,11-12H,7,9H2,1-4H3,(H,19,20)/t11-,12+/m1/s1. The summed E-state index contributed by atoms with van der Waals surface area (Å²) < 4.78 is 11.0. The lowest BCUT2D eigenvalue weighted by molar-refractivity contribution is -0.142. The number of aromatic nitrogens is 1. The Balaban J connectivity index is 2.06. The molecule has 0 unspecified atom stereocenters. The van der Waals surface area contributed by atoms with E-state index in [1.807, 2.05) is 13.0 Å². The summed E-state index contributed by atoms with van der Waals surface area (Å²) in [6, 6.07) is 2.62. The minimum absolute atomic E-state index is 0.154. The zero-order valence-electron chi connectivity index (χ0n) is 13.8. The molecule has 1 aromatic rings. The minimum Gasteiger partial charge on any atom is -0.480 e. The summed E-state index contributed by atoms with van der Waals surface area (Å²) in [4.78, 5) is 28.9. The highest BCUT2D eigenvalue weighted by Crippen LogP contribution is 2.24. The van der Waals surface area contributed by atoms with Crippen LogP contribution in [0.25, 0.3) is 0 Å². The molecule has 1 aliphatic rings. The van der Waals surface area contributed by atoms with Gasteiger partial charge in [0.2, 0.25) is 5.88 Å². The topological polar surface area (TPSA) is 89.0 Å². The molecule has 2 heterocycles. The molecule has 7 heteroatoms. The van der Waals surface area contributed by atoms with Gasteiger partial charge in [0.15, 0.2) is 0 Å². The van der Waals surface area contributed by atoms with Gasteiger partial charge in [-0.15, -0.1) is 0 Å². The fourth-order valence-corrected chi connectivity index (χ4v) is 2.33.